The van der Waals surface area contributed by atoms with Crippen LogP contribution in [0.1, 0.15) is 50.3 Å². The van der Waals surface area contributed by atoms with E-state index >= 15 is 0 Å². The minimum atomic E-state index is -3.44. The Morgan fingerprint density at radius 3 is 2.17 bits per heavy atom. The third kappa shape index (κ3) is 5.46. The fourth-order valence-electron chi connectivity index (χ4n) is 3.74. The van der Waals surface area contributed by atoms with E-state index in [1.54, 1.807) is 28.6 Å². The second kappa shape index (κ2) is 9.55. The van der Waals surface area contributed by atoms with Gasteiger partial charge in [0, 0.05) is 13.1 Å². The van der Waals surface area contributed by atoms with Crippen LogP contribution in [0.4, 0.5) is 0 Å². The van der Waals surface area contributed by atoms with Gasteiger partial charge in [-0.3, -0.25) is 4.79 Å². The fourth-order valence-corrected chi connectivity index (χ4v) is 5.26. The van der Waals surface area contributed by atoms with Crippen LogP contribution in [-0.4, -0.2) is 31.7 Å². The van der Waals surface area contributed by atoms with E-state index in [1.165, 1.54) is 0 Å². The zero-order valence-electron chi connectivity index (χ0n) is 17.2. The molecule has 1 atom stereocenters. The first-order valence-corrected chi connectivity index (χ1v) is 11.8. The van der Waals surface area contributed by atoms with Gasteiger partial charge in [-0.1, -0.05) is 62.7 Å². The van der Waals surface area contributed by atoms with Crippen LogP contribution in [0.25, 0.3) is 0 Å². The van der Waals surface area contributed by atoms with Gasteiger partial charge < -0.3 is 5.32 Å². The average molecular weight is 415 g/mol. The Hall–Kier alpha value is -2.18. The number of hydrogen-bond donors (Lipinski definition) is 1. The third-order valence-electron chi connectivity index (χ3n) is 5.38. The van der Waals surface area contributed by atoms with Crippen molar-refractivity contribution in [1.29, 1.82) is 0 Å². The van der Waals surface area contributed by atoms with Crippen molar-refractivity contribution in [3.63, 3.8) is 0 Å². The Labute approximate surface area is 174 Å². The normalized spacial score (nSPS) is 16.5. The van der Waals surface area contributed by atoms with Crippen LogP contribution in [0.15, 0.2) is 59.5 Å². The SMILES string of the molecule is CC(C)C(NC(=O)Cc1ccc(S(=O)(=O)N2CCCCC2)cc1)c1ccccc1. The van der Waals surface area contributed by atoms with Crippen molar-refractivity contribution in [2.24, 2.45) is 5.92 Å². The molecule has 1 aliphatic heterocycles. The largest absolute Gasteiger partial charge is 0.349 e. The van der Waals surface area contributed by atoms with Gasteiger partial charge in [0.05, 0.1) is 17.4 Å². The van der Waals surface area contributed by atoms with Crippen molar-refractivity contribution in [1.82, 2.24) is 9.62 Å². The van der Waals surface area contributed by atoms with Crippen LogP contribution >= 0.6 is 0 Å². The lowest BCUT2D eigenvalue weighted by atomic mass is 9.95. The molecule has 0 aliphatic carbocycles. The lowest BCUT2D eigenvalue weighted by Crippen LogP contribution is -2.35. The van der Waals surface area contributed by atoms with Gasteiger partial charge in [0.1, 0.15) is 0 Å². The summed E-state index contributed by atoms with van der Waals surface area (Å²) in [6.45, 7) is 5.33. The highest BCUT2D eigenvalue weighted by Gasteiger charge is 2.26. The van der Waals surface area contributed by atoms with Gasteiger partial charge in [-0.05, 0) is 42.0 Å². The van der Waals surface area contributed by atoms with E-state index in [0.717, 1.165) is 30.4 Å². The number of amides is 1. The maximum absolute atomic E-state index is 12.7. The van der Waals surface area contributed by atoms with Crippen molar-refractivity contribution in [3.05, 3.63) is 65.7 Å². The van der Waals surface area contributed by atoms with E-state index in [1.807, 2.05) is 30.3 Å². The summed E-state index contributed by atoms with van der Waals surface area (Å²) in [5.41, 5.74) is 1.88. The lowest BCUT2D eigenvalue weighted by Gasteiger charge is -2.26. The van der Waals surface area contributed by atoms with E-state index < -0.39 is 10.0 Å². The van der Waals surface area contributed by atoms with Crippen molar-refractivity contribution >= 4 is 15.9 Å². The summed E-state index contributed by atoms with van der Waals surface area (Å²) in [6.07, 6.45) is 3.13. The average Bonchev–Trinajstić information content (AvgIpc) is 2.73. The van der Waals surface area contributed by atoms with Crippen LogP contribution in [0, 0.1) is 5.92 Å². The molecule has 6 heteroatoms. The number of sulfonamides is 1. The molecule has 1 heterocycles. The molecule has 2 aromatic carbocycles. The third-order valence-corrected chi connectivity index (χ3v) is 7.30. The maximum Gasteiger partial charge on any atom is 0.243 e. The summed E-state index contributed by atoms with van der Waals surface area (Å²) < 4.78 is 27.1. The molecule has 0 radical (unpaired) electrons. The highest BCUT2D eigenvalue weighted by Crippen LogP contribution is 2.23. The van der Waals surface area contributed by atoms with E-state index in [4.69, 9.17) is 0 Å². The van der Waals surface area contributed by atoms with Gasteiger partial charge in [-0.2, -0.15) is 4.31 Å². The molecule has 5 nitrogen and oxygen atoms in total. The van der Waals surface area contributed by atoms with Gasteiger partial charge in [-0.15, -0.1) is 0 Å². The Morgan fingerprint density at radius 2 is 1.59 bits per heavy atom. The molecule has 1 saturated heterocycles. The molecule has 1 unspecified atom stereocenters. The van der Waals surface area contributed by atoms with E-state index in [0.29, 0.717) is 18.0 Å². The monoisotopic (exact) mass is 414 g/mol. The maximum atomic E-state index is 12.7. The van der Waals surface area contributed by atoms with Crippen molar-refractivity contribution in [2.75, 3.05) is 13.1 Å². The summed E-state index contributed by atoms with van der Waals surface area (Å²) in [6, 6.07) is 16.6. The second-order valence-electron chi connectivity index (χ2n) is 7.99. The number of benzene rings is 2. The highest BCUT2D eigenvalue weighted by atomic mass is 32.2. The molecular weight excluding hydrogens is 384 g/mol. The number of rotatable bonds is 7. The Balaban J connectivity index is 1.65. The number of carbonyl (C=O) groups excluding carboxylic acids is 1. The van der Waals surface area contributed by atoms with Gasteiger partial charge in [-0.25, -0.2) is 8.42 Å². The lowest BCUT2D eigenvalue weighted by molar-refractivity contribution is -0.121. The van der Waals surface area contributed by atoms with Gasteiger partial charge in [0.15, 0.2) is 0 Å². The summed E-state index contributed by atoms with van der Waals surface area (Å²) in [7, 11) is -3.44. The number of piperidine rings is 1. The molecule has 0 bridgehead atoms. The van der Waals surface area contributed by atoms with Crippen molar-refractivity contribution < 1.29 is 13.2 Å². The Morgan fingerprint density at radius 1 is 0.966 bits per heavy atom. The molecule has 1 fully saturated rings. The van der Waals surface area contributed by atoms with Gasteiger partial charge >= 0.3 is 0 Å². The molecule has 1 aliphatic rings. The number of hydrogen-bond acceptors (Lipinski definition) is 3. The van der Waals surface area contributed by atoms with E-state index in [2.05, 4.69) is 19.2 Å². The Kier molecular flexibility index (Phi) is 7.09. The molecule has 1 amide bonds. The predicted octanol–water partition coefficient (Wildman–Crippen LogP) is 3.92. The van der Waals surface area contributed by atoms with E-state index in [9.17, 15) is 13.2 Å². The summed E-state index contributed by atoms with van der Waals surface area (Å²) in [5.74, 6) is 0.192. The standard InChI is InChI=1S/C23H30N2O3S/c1-18(2)23(20-9-5-3-6-10-20)24-22(26)17-19-11-13-21(14-12-19)29(27,28)25-15-7-4-8-16-25/h3,5-6,9-14,18,23H,4,7-8,15-17H2,1-2H3,(H,24,26). The van der Waals surface area contributed by atoms with Gasteiger partial charge in [0.25, 0.3) is 0 Å². The van der Waals surface area contributed by atoms with Crippen LogP contribution in [0.2, 0.25) is 0 Å². The predicted molar refractivity (Wildman–Crippen MR) is 115 cm³/mol. The zero-order chi connectivity index (χ0) is 20.9. The summed E-state index contributed by atoms with van der Waals surface area (Å²) in [5, 5.41) is 3.11. The van der Waals surface area contributed by atoms with Crippen LogP contribution in [-0.2, 0) is 21.2 Å². The van der Waals surface area contributed by atoms with Gasteiger partial charge in [0.2, 0.25) is 15.9 Å². The fraction of sp³-hybridized carbons (Fsp3) is 0.435. The highest BCUT2D eigenvalue weighted by molar-refractivity contribution is 7.89. The smallest absolute Gasteiger partial charge is 0.243 e. The molecule has 2 aromatic rings. The first-order chi connectivity index (χ1) is 13.9. The molecule has 1 N–H and O–H groups in total. The Bertz CT molecular complexity index is 903. The summed E-state index contributed by atoms with van der Waals surface area (Å²) in [4.78, 5) is 12.9. The van der Waals surface area contributed by atoms with Crippen molar-refractivity contribution in [2.45, 2.75) is 50.5 Å². The van der Waals surface area contributed by atoms with Crippen LogP contribution < -0.4 is 5.32 Å². The first-order valence-electron chi connectivity index (χ1n) is 10.3. The molecule has 29 heavy (non-hydrogen) atoms. The number of nitrogens with zero attached hydrogens (tertiary/aromatic N) is 1. The number of nitrogens with one attached hydrogen (secondary N) is 1. The minimum Gasteiger partial charge on any atom is -0.349 e. The second-order valence-corrected chi connectivity index (χ2v) is 9.92. The topological polar surface area (TPSA) is 66.5 Å². The van der Waals surface area contributed by atoms with Crippen molar-refractivity contribution in [3.8, 4) is 0 Å². The molecule has 0 saturated carbocycles. The first kappa shape index (κ1) is 21.5. The molecule has 3 rings (SSSR count). The molecule has 156 valence electrons. The summed E-state index contributed by atoms with van der Waals surface area (Å²) >= 11 is 0. The molecule has 0 spiro atoms. The molecular formula is C23H30N2O3S. The molecule has 0 aromatic heterocycles. The number of carbonyl (C=O) groups is 1. The van der Waals surface area contributed by atoms with E-state index in [-0.39, 0.29) is 24.3 Å². The minimum absolute atomic E-state index is 0.0533. The van der Waals surface area contributed by atoms with Crippen LogP contribution in [0.5, 0.6) is 0 Å². The van der Waals surface area contributed by atoms with Crippen LogP contribution in [0.3, 0.4) is 0 Å². The zero-order valence-corrected chi connectivity index (χ0v) is 18.0. The quantitative estimate of drug-likeness (QED) is 0.747.